The highest BCUT2D eigenvalue weighted by Crippen LogP contribution is 2.33. The van der Waals surface area contributed by atoms with Gasteiger partial charge in [0.2, 0.25) is 5.91 Å². The molecule has 1 atom stereocenters. The minimum atomic E-state index is -0.400. The van der Waals surface area contributed by atoms with Gasteiger partial charge < -0.3 is 15.6 Å². The predicted octanol–water partition coefficient (Wildman–Crippen LogP) is 2.67. The Hall–Kier alpha value is -0.440. The van der Waals surface area contributed by atoms with E-state index in [0.29, 0.717) is 12.6 Å². The molecule has 1 amide bonds. The Morgan fingerprint density at radius 2 is 2.08 bits per heavy atom. The van der Waals surface area contributed by atoms with Crippen molar-refractivity contribution in [3.8, 4) is 0 Å². The summed E-state index contributed by atoms with van der Waals surface area (Å²) in [5.41, 5.74) is 5.87. The van der Waals surface area contributed by atoms with E-state index < -0.39 is 6.04 Å². The van der Waals surface area contributed by atoms with Crippen LogP contribution in [0.4, 0.5) is 0 Å². The molecule has 1 saturated carbocycles. The van der Waals surface area contributed by atoms with Crippen LogP contribution in [0.25, 0.3) is 0 Å². The summed E-state index contributed by atoms with van der Waals surface area (Å²) in [5.74, 6) is 1.91. The van der Waals surface area contributed by atoms with Gasteiger partial charge in [-0.1, -0.05) is 24.6 Å². The quantitative estimate of drug-likeness (QED) is 0.458. The first kappa shape index (κ1) is 22.6. The molecule has 1 aliphatic carbocycles. The van der Waals surface area contributed by atoms with E-state index in [0.717, 1.165) is 36.0 Å². The van der Waals surface area contributed by atoms with Crippen molar-refractivity contribution >= 4 is 41.8 Å². The van der Waals surface area contributed by atoms with Gasteiger partial charge >= 0.3 is 0 Å². The zero-order valence-electron chi connectivity index (χ0n) is 15.1. The standard InChI is InChI=1S/C16H29N5OS2.ClH/c1-23-11-9-13(17)15(22)18-10-5-8-14-19-20-16(24-2)21(14)12-6-3-4-7-12;/h12-13H,3-11,17H2,1-2H3,(H,18,22);1H. The lowest BCUT2D eigenvalue weighted by Crippen LogP contribution is -2.41. The van der Waals surface area contributed by atoms with Crippen LogP contribution in [-0.4, -0.2) is 51.5 Å². The first-order chi connectivity index (χ1) is 11.7. The summed E-state index contributed by atoms with van der Waals surface area (Å²) in [7, 11) is 0. The molecule has 9 heteroatoms. The highest BCUT2D eigenvalue weighted by Gasteiger charge is 2.23. The van der Waals surface area contributed by atoms with Crippen LogP contribution in [0, 0.1) is 0 Å². The van der Waals surface area contributed by atoms with Crippen LogP contribution in [0.1, 0.15) is 50.4 Å². The highest BCUT2D eigenvalue weighted by atomic mass is 35.5. The average molecular weight is 408 g/mol. The topological polar surface area (TPSA) is 85.8 Å². The number of aryl methyl sites for hydroxylation is 1. The molecule has 0 radical (unpaired) electrons. The molecule has 2 rings (SSSR count). The maximum Gasteiger partial charge on any atom is 0.236 e. The molecule has 0 aliphatic heterocycles. The summed E-state index contributed by atoms with van der Waals surface area (Å²) in [5, 5.41) is 12.6. The Morgan fingerprint density at radius 1 is 1.36 bits per heavy atom. The highest BCUT2D eigenvalue weighted by molar-refractivity contribution is 7.98. The van der Waals surface area contributed by atoms with Gasteiger partial charge in [-0.15, -0.1) is 22.6 Å². The minimum absolute atomic E-state index is 0. The molecular formula is C16H30ClN5OS2. The lowest BCUT2D eigenvalue weighted by Gasteiger charge is -2.16. The van der Waals surface area contributed by atoms with Gasteiger partial charge in [-0.25, -0.2) is 0 Å². The summed E-state index contributed by atoms with van der Waals surface area (Å²) in [6.07, 6.45) is 11.5. The van der Waals surface area contributed by atoms with Crippen LogP contribution in [0.2, 0.25) is 0 Å². The van der Waals surface area contributed by atoms with E-state index in [-0.39, 0.29) is 18.3 Å². The Kier molecular flexibility index (Phi) is 10.9. The molecule has 25 heavy (non-hydrogen) atoms. The number of halogens is 1. The van der Waals surface area contributed by atoms with Crippen molar-refractivity contribution in [2.45, 2.75) is 62.2 Å². The smallest absolute Gasteiger partial charge is 0.236 e. The van der Waals surface area contributed by atoms with Crippen LogP contribution >= 0.6 is 35.9 Å². The first-order valence-electron chi connectivity index (χ1n) is 8.67. The Morgan fingerprint density at radius 3 is 2.72 bits per heavy atom. The van der Waals surface area contributed by atoms with Crippen molar-refractivity contribution in [3.05, 3.63) is 5.82 Å². The van der Waals surface area contributed by atoms with Crippen molar-refractivity contribution in [1.29, 1.82) is 0 Å². The summed E-state index contributed by atoms with van der Waals surface area (Å²) in [6.45, 7) is 0.637. The van der Waals surface area contributed by atoms with E-state index >= 15 is 0 Å². The van der Waals surface area contributed by atoms with E-state index in [2.05, 4.69) is 26.3 Å². The maximum absolute atomic E-state index is 11.9. The fraction of sp³-hybridized carbons (Fsp3) is 0.812. The number of aromatic nitrogens is 3. The molecule has 1 aromatic rings. The third kappa shape index (κ3) is 6.66. The molecule has 6 nitrogen and oxygen atoms in total. The molecule has 0 aromatic carbocycles. The third-order valence-electron chi connectivity index (χ3n) is 4.45. The number of hydrogen-bond donors (Lipinski definition) is 2. The summed E-state index contributed by atoms with van der Waals surface area (Å²) >= 11 is 3.37. The Labute approximate surface area is 165 Å². The fourth-order valence-corrected chi connectivity index (χ4v) is 4.17. The van der Waals surface area contributed by atoms with E-state index in [1.165, 1.54) is 25.7 Å². The summed E-state index contributed by atoms with van der Waals surface area (Å²) in [6, 6.07) is 0.148. The van der Waals surface area contributed by atoms with Crippen molar-refractivity contribution < 1.29 is 4.79 Å². The lowest BCUT2D eigenvalue weighted by molar-refractivity contribution is -0.122. The number of nitrogens with two attached hydrogens (primary N) is 1. The SMILES string of the molecule is CSCCC(N)C(=O)NCCCc1nnc(SC)n1C1CCCC1.Cl. The molecule has 1 heterocycles. The fourth-order valence-electron chi connectivity index (χ4n) is 3.11. The molecule has 0 spiro atoms. The van der Waals surface area contributed by atoms with Crippen LogP contribution < -0.4 is 11.1 Å². The lowest BCUT2D eigenvalue weighted by atomic mass is 10.2. The number of carbonyl (C=O) groups excluding carboxylic acids is 1. The van der Waals surface area contributed by atoms with Gasteiger partial charge in [0.25, 0.3) is 0 Å². The molecule has 1 fully saturated rings. The number of amides is 1. The molecule has 144 valence electrons. The molecule has 1 aromatic heterocycles. The van der Waals surface area contributed by atoms with E-state index in [1.54, 1.807) is 23.5 Å². The van der Waals surface area contributed by atoms with Gasteiger partial charge in [-0.05, 0) is 43.9 Å². The molecule has 0 saturated heterocycles. The van der Waals surface area contributed by atoms with Gasteiger partial charge in [0.05, 0.1) is 6.04 Å². The van der Waals surface area contributed by atoms with Crippen LogP contribution in [0.15, 0.2) is 5.16 Å². The molecule has 1 unspecified atom stereocenters. The number of nitrogens with zero attached hydrogens (tertiary/aromatic N) is 3. The van der Waals surface area contributed by atoms with Gasteiger partial charge in [-0.2, -0.15) is 11.8 Å². The van der Waals surface area contributed by atoms with Gasteiger partial charge in [0.1, 0.15) is 5.82 Å². The van der Waals surface area contributed by atoms with Crippen molar-refractivity contribution in [2.75, 3.05) is 24.8 Å². The summed E-state index contributed by atoms with van der Waals surface area (Å²) in [4.78, 5) is 11.9. The van der Waals surface area contributed by atoms with Crippen molar-refractivity contribution in [1.82, 2.24) is 20.1 Å². The van der Waals surface area contributed by atoms with Gasteiger partial charge in [0.15, 0.2) is 5.16 Å². The number of hydrogen-bond acceptors (Lipinski definition) is 6. The second-order valence-electron chi connectivity index (χ2n) is 6.19. The second kappa shape index (κ2) is 12.0. The minimum Gasteiger partial charge on any atom is -0.355 e. The monoisotopic (exact) mass is 407 g/mol. The molecule has 0 bridgehead atoms. The van der Waals surface area contributed by atoms with Gasteiger partial charge in [0, 0.05) is 19.0 Å². The van der Waals surface area contributed by atoms with Gasteiger partial charge in [-0.3, -0.25) is 4.79 Å². The van der Waals surface area contributed by atoms with Crippen LogP contribution in [-0.2, 0) is 11.2 Å². The zero-order chi connectivity index (χ0) is 17.4. The van der Waals surface area contributed by atoms with Crippen LogP contribution in [0.3, 0.4) is 0 Å². The van der Waals surface area contributed by atoms with Crippen LogP contribution in [0.5, 0.6) is 0 Å². The molecule has 1 aliphatic rings. The number of nitrogens with one attached hydrogen (secondary N) is 1. The predicted molar refractivity (Wildman–Crippen MR) is 109 cm³/mol. The third-order valence-corrected chi connectivity index (χ3v) is 5.74. The second-order valence-corrected chi connectivity index (χ2v) is 7.95. The van der Waals surface area contributed by atoms with E-state index in [9.17, 15) is 4.79 Å². The number of thioether (sulfide) groups is 2. The zero-order valence-corrected chi connectivity index (χ0v) is 17.5. The Bertz CT molecular complexity index is 523. The molecular weight excluding hydrogens is 378 g/mol. The first-order valence-corrected chi connectivity index (χ1v) is 11.3. The maximum atomic E-state index is 11.9. The number of rotatable bonds is 10. The Balaban J connectivity index is 0.00000312. The van der Waals surface area contributed by atoms with Crippen molar-refractivity contribution in [3.63, 3.8) is 0 Å². The van der Waals surface area contributed by atoms with E-state index in [4.69, 9.17) is 5.73 Å². The average Bonchev–Trinajstić information content (AvgIpc) is 3.24. The van der Waals surface area contributed by atoms with E-state index in [1.807, 2.05) is 6.26 Å². The largest absolute Gasteiger partial charge is 0.355 e. The number of carbonyl (C=O) groups is 1. The molecule has 3 N–H and O–H groups in total. The summed E-state index contributed by atoms with van der Waals surface area (Å²) < 4.78 is 2.32. The normalized spacial score (nSPS) is 15.8. The van der Waals surface area contributed by atoms with Crippen molar-refractivity contribution in [2.24, 2.45) is 5.73 Å².